The summed E-state index contributed by atoms with van der Waals surface area (Å²) < 4.78 is 0. The smallest absolute Gasteiger partial charge is 0.325 e. The maximum atomic E-state index is 13.6. The Morgan fingerprint density at radius 1 is 1.03 bits per heavy atom. The highest BCUT2D eigenvalue weighted by Crippen LogP contribution is 2.36. The van der Waals surface area contributed by atoms with Gasteiger partial charge in [-0.2, -0.15) is 0 Å². The Balaban J connectivity index is 1.55. The Labute approximate surface area is 199 Å². The minimum absolute atomic E-state index is 0.126. The van der Waals surface area contributed by atoms with Gasteiger partial charge in [-0.15, -0.1) is 0 Å². The van der Waals surface area contributed by atoms with Crippen LogP contribution in [0.2, 0.25) is 10.0 Å². The molecule has 0 unspecified atom stereocenters. The number of imide groups is 1. The fraction of sp³-hybridized carbons (Fsp3) is 0.625. The van der Waals surface area contributed by atoms with Crippen LogP contribution in [-0.4, -0.2) is 46.3 Å². The summed E-state index contributed by atoms with van der Waals surface area (Å²) in [5, 5.41) is 3.49. The Kier molecular flexibility index (Phi) is 7.01. The predicted molar refractivity (Wildman–Crippen MR) is 125 cm³/mol. The van der Waals surface area contributed by atoms with E-state index in [1.807, 2.05) is 4.90 Å². The molecule has 1 N–H and O–H groups in total. The molecule has 3 fully saturated rings. The normalized spacial score (nSPS) is 25.2. The predicted octanol–water partition coefficient (Wildman–Crippen LogP) is 5.25. The zero-order chi connectivity index (χ0) is 22.9. The number of hydrogen-bond acceptors (Lipinski definition) is 3. The van der Waals surface area contributed by atoms with Gasteiger partial charge in [0.25, 0.3) is 5.91 Å². The number of nitrogens with zero attached hydrogens (tertiary/aromatic N) is 2. The molecule has 1 saturated heterocycles. The van der Waals surface area contributed by atoms with Crippen LogP contribution in [0, 0.1) is 0 Å². The molecule has 3 aliphatic rings. The molecular weight excluding hydrogens is 449 g/mol. The van der Waals surface area contributed by atoms with E-state index in [0.29, 0.717) is 15.6 Å². The first-order valence-corrected chi connectivity index (χ1v) is 12.5. The van der Waals surface area contributed by atoms with Crippen molar-refractivity contribution < 1.29 is 14.4 Å². The van der Waals surface area contributed by atoms with E-state index in [1.54, 1.807) is 25.1 Å². The largest absolute Gasteiger partial charge is 0.335 e. The lowest BCUT2D eigenvalue weighted by Crippen LogP contribution is -2.53. The van der Waals surface area contributed by atoms with Crippen LogP contribution in [0.25, 0.3) is 0 Å². The summed E-state index contributed by atoms with van der Waals surface area (Å²) in [4.78, 5) is 42.8. The van der Waals surface area contributed by atoms with Crippen molar-refractivity contribution in [1.29, 1.82) is 0 Å². The van der Waals surface area contributed by atoms with E-state index >= 15 is 0 Å². The van der Waals surface area contributed by atoms with E-state index in [-0.39, 0.29) is 24.5 Å². The van der Waals surface area contributed by atoms with Crippen LogP contribution in [0.1, 0.15) is 76.7 Å². The Morgan fingerprint density at radius 2 is 1.59 bits per heavy atom. The van der Waals surface area contributed by atoms with Gasteiger partial charge in [0.2, 0.25) is 5.91 Å². The summed E-state index contributed by atoms with van der Waals surface area (Å²) in [6.45, 7) is 1.38. The maximum Gasteiger partial charge on any atom is 0.325 e. The number of urea groups is 1. The van der Waals surface area contributed by atoms with Crippen molar-refractivity contribution in [3.63, 3.8) is 0 Å². The van der Waals surface area contributed by atoms with Gasteiger partial charge in [-0.05, 0) is 44.7 Å². The zero-order valence-electron chi connectivity index (χ0n) is 18.5. The Morgan fingerprint density at radius 3 is 2.12 bits per heavy atom. The second kappa shape index (κ2) is 9.60. The second-order valence-corrected chi connectivity index (χ2v) is 10.3. The molecular formula is C24H31Cl2N3O3. The van der Waals surface area contributed by atoms with Crippen molar-refractivity contribution in [1.82, 2.24) is 15.1 Å². The van der Waals surface area contributed by atoms with Gasteiger partial charge in [0.15, 0.2) is 0 Å². The van der Waals surface area contributed by atoms with Crippen LogP contribution < -0.4 is 5.32 Å². The van der Waals surface area contributed by atoms with Crippen LogP contribution in [0.4, 0.5) is 4.79 Å². The number of amides is 4. The summed E-state index contributed by atoms with van der Waals surface area (Å²) in [6, 6.07) is 4.67. The standard InChI is InChI=1S/C24H31Cl2N3O3/c1-24(19-13-12-16(25)14-20(19)26)22(31)28(23(32)27-24)15-21(30)29(17-8-4-2-5-9-17)18-10-6-3-7-11-18/h12-14,17-18H,2-11,15H2,1H3,(H,27,32)/t24-/m0/s1. The van der Waals surface area contributed by atoms with Gasteiger partial charge in [0.05, 0.1) is 0 Å². The lowest BCUT2D eigenvalue weighted by molar-refractivity contribution is -0.143. The number of rotatable bonds is 5. The van der Waals surface area contributed by atoms with Crippen LogP contribution in [0.3, 0.4) is 0 Å². The minimum atomic E-state index is -1.33. The quantitative estimate of drug-likeness (QED) is 0.585. The highest BCUT2D eigenvalue weighted by Gasteiger charge is 2.51. The van der Waals surface area contributed by atoms with E-state index in [0.717, 1.165) is 56.3 Å². The van der Waals surface area contributed by atoms with Crippen molar-refractivity contribution in [3.05, 3.63) is 33.8 Å². The van der Waals surface area contributed by atoms with Crippen molar-refractivity contribution in [3.8, 4) is 0 Å². The van der Waals surface area contributed by atoms with Gasteiger partial charge in [-0.25, -0.2) is 4.79 Å². The molecule has 4 amide bonds. The molecule has 0 aromatic heterocycles. The molecule has 1 aliphatic heterocycles. The highest BCUT2D eigenvalue weighted by molar-refractivity contribution is 6.35. The van der Waals surface area contributed by atoms with Gasteiger partial charge in [0.1, 0.15) is 12.1 Å². The SMILES string of the molecule is C[C@@]1(c2ccc(Cl)cc2Cl)NC(=O)N(CC(=O)N(C2CCCCC2)C2CCCCC2)C1=O. The summed E-state index contributed by atoms with van der Waals surface area (Å²) in [7, 11) is 0. The molecule has 2 saturated carbocycles. The van der Waals surface area contributed by atoms with Crippen molar-refractivity contribution >= 4 is 41.0 Å². The van der Waals surface area contributed by atoms with E-state index in [4.69, 9.17) is 23.2 Å². The fourth-order valence-electron chi connectivity index (χ4n) is 5.56. The van der Waals surface area contributed by atoms with Crippen molar-refractivity contribution in [2.24, 2.45) is 0 Å². The maximum absolute atomic E-state index is 13.6. The van der Waals surface area contributed by atoms with Crippen molar-refractivity contribution in [2.45, 2.75) is 88.8 Å². The molecule has 1 aromatic rings. The molecule has 6 nitrogen and oxygen atoms in total. The molecule has 1 aromatic carbocycles. The summed E-state index contributed by atoms with van der Waals surface area (Å²) >= 11 is 12.3. The molecule has 1 atom stereocenters. The molecule has 174 valence electrons. The highest BCUT2D eigenvalue weighted by atomic mass is 35.5. The van der Waals surface area contributed by atoms with Crippen LogP contribution >= 0.6 is 23.2 Å². The van der Waals surface area contributed by atoms with E-state index in [1.165, 1.54) is 12.8 Å². The molecule has 4 rings (SSSR count). The van der Waals surface area contributed by atoms with E-state index in [2.05, 4.69) is 5.32 Å². The van der Waals surface area contributed by atoms with Gasteiger partial charge in [-0.3, -0.25) is 14.5 Å². The minimum Gasteiger partial charge on any atom is -0.335 e. The third kappa shape index (κ3) is 4.49. The first-order chi connectivity index (χ1) is 15.3. The van der Waals surface area contributed by atoms with Gasteiger partial charge in [-0.1, -0.05) is 67.8 Å². The number of halogens is 2. The summed E-state index contributed by atoms with van der Waals surface area (Å²) in [5.41, 5.74) is -0.868. The van der Waals surface area contributed by atoms with Crippen molar-refractivity contribution in [2.75, 3.05) is 6.54 Å². The van der Waals surface area contributed by atoms with Crippen LogP contribution in [-0.2, 0) is 15.1 Å². The number of hydrogen-bond donors (Lipinski definition) is 1. The van der Waals surface area contributed by atoms with Crippen LogP contribution in [0.5, 0.6) is 0 Å². The zero-order valence-corrected chi connectivity index (χ0v) is 20.1. The van der Waals surface area contributed by atoms with E-state index in [9.17, 15) is 14.4 Å². The van der Waals surface area contributed by atoms with Gasteiger partial charge in [0, 0.05) is 27.7 Å². The first kappa shape index (κ1) is 23.4. The fourth-order valence-corrected chi connectivity index (χ4v) is 6.16. The molecule has 0 bridgehead atoms. The Bertz CT molecular complexity index is 878. The van der Waals surface area contributed by atoms with Gasteiger partial charge < -0.3 is 10.2 Å². The second-order valence-electron chi connectivity index (χ2n) is 9.46. The first-order valence-electron chi connectivity index (χ1n) is 11.7. The molecule has 1 heterocycles. The average molecular weight is 480 g/mol. The molecule has 0 radical (unpaired) electrons. The molecule has 8 heteroatoms. The average Bonchev–Trinajstić information content (AvgIpc) is 2.99. The molecule has 2 aliphatic carbocycles. The third-order valence-electron chi connectivity index (χ3n) is 7.26. The lowest BCUT2D eigenvalue weighted by atomic mass is 9.88. The third-order valence-corrected chi connectivity index (χ3v) is 7.81. The van der Waals surface area contributed by atoms with E-state index < -0.39 is 17.5 Å². The summed E-state index contributed by atoms with van der Waals surface area (Å²) in [6.07, 6.45) is 10.9. The summed E-state index contributed by atoms with van der Waals surface area (Å²) in [5.74, 6) is -0.592. The van der Waals surface area contributed by atoms with Crippen LogP contribution in [0.15, 0.2) is 18.2 Å². The molecule has 0 spiro atoms. The lowest BCUT2D eigenvalue weighted by Gasteiger charge is -2.42. The topological polar surface area (TPSA) is 69.7 Å². The van der Waals surface area contributed by atoms with Gasteiger partial charge >= 0.3 is 6.03 Å². The number of carbonyl (C=O) groups excluding carboxylic acids is 3. The number of nitrogens with one attached hydrogen (secondary N) is 1. The number of carbonyl (C=O) groups is 3. The monoisotopic (exact) mass is 479 g/mol. The molecule has 32 heavy (non-hydrogen) atoms. The Hall–Kier alpha value is -1.79. The number of benzene rings is 1.